The summed E-state index contributed by atoms with van der Waals surface area (Å²) in [6.07, 6.45) is 3.17. The van der Waals surface area contributed by atoms with Gasteiger partial charge < -0.3 is 14.6 Å². The van der Waals surface area contributed by atoms with E-state index in [2.05, 4.69) is 22.4 Å². The van der Waals surface area contributed by atoms with E-state index >= 15 is 0 Å². The average molecular weight is 243 g/mol. The molecule has 1 aliphatic rings. The fraction of sp³-hybridized carbons (Fsp3) is 0.357. The predicted molar refractivity (Wildman–Crippen MR) is 71.0 cm³/mol. The SMILES string of the molecule is Cc1cn(C)c(NCC2Cc3ccccc3O2)n1. The minimum atomic E-state index is 0.194. The van der Waals surface area contributed by atoms with Crippen molar-refractivity contribution in [3.8, 4) is 5.75 Å². The van der Waals surface area contributed by atoms with Crippen molar-refractivity contribution in [3.63, 3.8) is 0 Å². The molecule has 3 rings (SSSR count). The van der Waals surface area contributed by atoms with Gasteiger partial charge in [0.05, 0.1) is 12.2 Å². The highest BCUT2D eigenvalue weighted by molar-refractivity contribution is 5.38. The lowest BCUT2D eigenvalue weighted by molar-refractivity contribution is 0.246. The minimum Gasteiger partial charge on any atom is -0.488 e. The number of anilines is 1. The first-order valence-electron chi connectivity index (χ1n) is 6.21. The summed E-state index contributed by atoms with van der Waals surface area (Å²) in [5.41, 5.74) is 2.32. The van der Waals surface area contributed by atoms with Gasteiger partial charge in [-0.15, -0.1) is 0 Å². The Balaban J connectivity index is 1.62. The molecular formula is C14H17N3O. The third kappa shape index (κ3) is 2.06. The maximum absolute atomic E-state index is 5.88. The van der Waals surface area contributed by atoms with Crippen LogP contribution in [-0.2, 0) is 13.5 Å². The summed E-state index contributed by atoms with van der Waals surface area (Å²) in [6.45, 7) is 2.77. The highest BCUT2D eigenvalue weighted by Gasteiger charge is 2.22. The van der Waals surface area contributed by atoms with Crippen LogP contribution >= 0.6 is 0 Å². The van der Waals surface area contributed by atoms with Gasteiger partial charge in [-0.1, -0.05) is 18.2 Å². The zero-order valence-corrected chi connectivity index (χ0v) is 10.7. The number of imidazole rings is 1. The summed E-state index contributed by atoms with van der Waals surface area (Å²) >= 11 is 0. The van der Waals surface area contributed by atoms with Crippen LogP contribution in [0.25, 0.3) is 0 Å². The second-order valence-electron chi connectivity index (χ2n) is 4.75. The van der Waals surface area contributed by atoms with Gasteiger partial charge in [0.1, 0.15) is 11.9 Å². The van der Waals surface area contributed by atoms with Crippen molar-refractivity contribution in [2.24, 2.45) is 7.05 Å². The first-order chi connectivity index (χ1) is 8.72. The Kier molecular flexibility index (Phi) is 2.70. The standard InChI is InChI=1S/C14H17N3O/c1-10-9-17(2)14(16-10)15-8-12-7-11-5-3-4-6-13(11)18-12/h3-6,9,12H,7-8H2,1-2H3,(H,15,16). The van der Waals surface area contributed by atoms with Gasteiger partial charge in [-0.2, -0.15) is 0 Å². The number of hydrogen-bond acceptors (Lipinski definition) is 3. The number of rotatable bonds is 3. The molecule has 2 aromatic rings. The van der Waals surface area contributed by atoms with E-state index < -0.39 is 0 Å². The smallest absolute Gasteiger partial charge is 0.202 e. The van der Waals surface area contributed by atoms with Gasteiger partial charge in [-0.25, -0.2) is 4.98 Å². The van der Waals surface area contributed by atoms with Crippen molar-refractivity contribution in [3.05, 3.63) is 41.7 Å². The van der Waals surface area contributed by atoms with Gasteiger partial charge in [0.15, 0.2) is 0 Å². The van der Waals surface area contributed by atoms with Gasteiger partial charge >= 0.3 is 0 Å². The predicted octanol–water partition coefficient (Wildman–Crippen LogP) is 2.14. The molecule has 1 aromatic carbocycles. The van der Waals surface area contributed by atoms with Crippen LogP contribution in [0.4, 0.5) is 5.95 Å². The summed E-state index contributed by atoms with van der Waals surface area (Å²) in [4.78, 5) is 4.42. The molecule has 1 aliphatic heterocycles. The molecule has 4 nitrogen and oxygen atoms in total. The van der Waals surface area contributed by atoms with E-state index in [9.17, 15) is 0 Å². The second-order valence-corrected chi connectivity index (χ2v) is 4.75. The lowest BCUT2D eigenvalue weighted by atomic mass is 10.1. The first kappa shape index (κ1) is 11.1. The molecular weight excluding hydrogens is 226 g/mol. The van der Waals surface area contributed by atoms with Crippen LogP contribution in [0.15, 0.2) is 30.5 Å². The van der Waals surface area contributed by atoms with Gasteiger partial charge in [-0.05, 0) is 18.6 Å². The van der Waals surface area contributed by atoms with Gasteiger partial charge in [0, 0.05) is 19.7 Å². The number of para-hydroxylation sites is 1. The normalized spacial score (nSPS) is 17.3. The van der Waals surface area contributed by atoms with Crippen molar-refractivity contribution in [1.82, 2.24) is 9.55 Å². The minimum absolute atomic E-state index is 0.194. The van der Waals surface area contributed by atoms with Gasteiger partial charge in [-0.3, -0.25) is 0 Å². The highest BCUT2D eigenvalue weighted by atomic mass is 16.5. The van der Waals surface area contributed by atoms with E-state index in [4.69, 9.17) is 4.74 Å². The van der Waals surface area contributed by atoms with Crippen LogP contribution in [-0.4, -0.2) is 22.2 Å². The summed E-state index contributed by atoms with van der Waals surface area (Å²) in [7, 11) is 1.99. The summed E-state index contributed by atoms with van der Waals surface area (Å²) in [5, 5.41) is 3.34. The molecule has 0 radical (unpaired) electrons. The molecule has 0 amide bonds. The van der Waals surface area contributed by atoms with Gasteiger partial charge in [0.25, 0.3) is 0 Å². The Labute approximate surface area is 107 Å². The van der Waals surface area contributed by atoms with E-state index in [-0.39, 0.29) is 6.10 Å². The summed E-state index contributed by atoms with van der Waals surface area (Å²) in [6, 6.07) is 8.22. The molecule has 1 N–H and O–H groups in total. The van der Waals surface area contributed by atoms with Crippen molar-refractivity contribution in [2.45, 2.75) is 19.4 Å². The largest absolute Gasteiger partial charge is 0.488 e. The Bertz CT molecular complexity index is 537. The monoisotopic (exact) mass is 243 g/mol. The molecule has 0 saturated heterocycles. The number of aromatic nitrogens is 2. The average Bonchev–Trinajstić information content (AvgIpc) is 2.89. The van der Waals surface area contributed by atoms with E-state index in [1.165, 1.54) is 5.56 Å². The molecule has 0 bridgehead atoms. The lowest BCUT2D eigenvalue weighted by Crippen LogP contribution is -2.25. The molecule has 0 saturated carbocycles. The van der Waals surface area contributed by atoms with Crippen molar-refractivity contribution in [2.75, 3.05) is 11.9 Å². The van der Waals surface area contributed by atoms with Crippen LogP contribution in [0, 0.1) is 6.92 Å². The maximum Gasteiger partial charge on any atom is 0.202 e. The van der Waals surface area contributed by atoms with Gasteiger partial charge in [0.2, 0.25) is 5.95 Å². The topological polar surface area (TPSA) is 39.1 Å². The summed E-state index contributed by atoms with van der Waals surface area (Å²) < 4.78 is 7.87. The molecule has 0 fully saturated rings. The molecule has 2 heterocycles. The van der Waals surface area contributed by atoms with Crippen LogP contribution in [0.2, 0.25) is 0 Å². The number of benzene rings is 1. The molecule has 94 valence electrons. The third-order valence-corrected chi connectivity index (χ3v) is 3.20. The van der Waals surface area contributed by atoms with Crippen LogP contribution in [0.1, 0.15) is 11.3 Å². The van der Waals surface area contributed by atoms with Crippen LogP contribution < -0.4 is 10.1 Å². The molecule has 0 spiro atoms. The number of ether oxygens (including phenoxy) is 1. The Morgan fingerprint density at radius 1 is 1.44 bits per heavy atom. The molecule has 1 unspecified atom stereocenters. The number of hydrogen-bond donors (Lipinski definition) is 1. The van der Waals surface area contributed by atoms with Crippen LogP contribution in [0.5, 0.6) is 5.75 Å². The lowest BCUT2D eigenvalue weighted by Gasteiger charge is -2.12. The first-order valence-corrected chi connectivity index (χ1v) is 6.21. The zero-order valence-electron chi connectivity index (χ0n) is 10.7. The Hall–Kier alpha value is -1.97. The number of nitrogens with one attached hydrogen (secondary N) is 1. The summed E-state index contributed by atoms with van der Waals surface area (Å²) in [5.74, 6) is 1.91. The third-order valence-electron chi connectivity index (χ3n) is 3.20. The zero-order chi connectivity index (χ0) is 12.5. The fourth-order valence-electron chi connectivity index (χ4n) is 2.35. The van der Waals surface area contributed by atoms with E-state index in [1.54, 1.807) is 0 Å². The number of fused-ring (bicyclic) bond motifs is 1. The van der Waals surface area contributed by atoms with Crippen molar-refractivity contribution in [1.29, 1.82) is 0 Å². The fourth-order valence-corrected chi connectivity index (χ4v) is 2.35. The molecule has 1 aromatic heterocycles. The molecule has 18 heavy (non-hydrogen) atoms. The van der Waals surface area contributed by atoms with E-state index in [0.717, 1.165) is 30.4 Å². The Morgan fingerprint density at radius 3 is 3.00 bits per heavy atom. The van der Waals surface area contributed by atoms with Crippen LogP contribution in [0.3, 0.4) is 0 Å². The number of aryl methyl sites for hydroxylation is 2. The van der Waals surface area contributed by atoms with Crippen molar-refractivity contribution >= 4 is 5.95 Å². The van der Waals surface area contributed by atoms with E-state index in [0.29, 0.717) is 0 Å². The van der Waals surface area contributed by atoms with Crippen molar-refractivity contribution < 1.29 is 4.74 Å². The van der Waals surface area contributed by atoms with E-state index in [1.807, 2.05) is 36.9 Å². The molecule has 0 aliphatic carbocycles. The highest BCUT2D eigenvalue weighted by Crippen LogP contribution is 2.28. The molecule has 1 atom stereocenters. The Morgan fingerprint density at radius 2 is 2.28 bits per heavy atom. The molecule has 4 heteroatoms. The maximum atomic E-state index is 5.88. The number of nitrogens with zero attached hydrogens (tertiary/aromatic N) is 2. The quantitative estimate of drug-likeness (QED) is 0.897. The second kappa shape index (κ2) is 4.37.